The van der Waals surface area contributed by atoms with Crippen LogP contribution in [0.1, 0.15) is 76.2 Å². The third kappa shape index (κ3) is 5.53. The largest absolute Gasteiger partial charge is 0.359 e. The monoisotopic (exact) mass is 538 g/mol. The summed E-state index contributed by atoms with van der Waals surface area (Å²) in [5, 5.41) is 19.9. The van der Waals surface area contributed by atoms with Crippen molar-refractivity contribution in [2.45, 2.75) is 76.7 Å². The van der Waals surface area contributed by atoms with Crippen molar-refractivity contribution in [3.63, 3.8) is 0 Å². The highest BCUT2D eigenvalue weighted by atomic mass is 35.5. The van der Waals surface area contributed by atoms with Gasteiger partial charge in [-0.3, -0.25) is 9.80 Å². The molecule has 0 bridgehead atoms. The molecule has 0 radical (unpaired) electrons. The number of piperidine rings is 1. The average Bonchev–Trinajstić information content (AvgIpc) is 3.69. The number of nitriles is 1. The first-order valence-corrected chi connectivity index (χ1v) is 15.0. The highest BCUT2D eigenvalue weighted by Gasteiger charge is 2.50. The second-order valence-electron chi connectivity index (χ2n) is 12.1. The number of nitrogens with zero attached hydrogens (tertiary/aromatic N) is 5. The predicted molar refractivity (Wildman–Crippen MR) is 153 cm³/mol. The summed E-state index contributed by atoms with van der Waals surface area (Å²) in [6.45, 7) is 4.03. The Kier molecular flexibility index (Phi) is 8.50. The number of carbonyl (C=O) groups is 1. The molecule has 5 aliphatic rings. The molecule has 3 aliphatic heterocycles. The SMILES string of the molecule is CNC.N#Cc1ccc(N2N=C(N3CCC4(CC3)CC(C(=O)N3CCCC3)C4)CC2C2CCCC2)cc1Cl. The second kappa shape index (κ2) is 11.8. The molecular weight excluding hydrogens is 496 g/mol. The third-order valence-corrected chi connectivity index (χ3v) is 9.84. The van der Waals surface area contributed by atoms with Gasteiger partial charge in [-0.1, -0.05) is 24.4 Å². The van der Waals surface area contributed by atoms with Crippen LogP contribution in [-0.2, 0) is 4.79 Å². The van der Waals surface area contributed by atoms with E-state index < -0.39 is 0 Å². The van der Waals surface area contributed by atoms with Crippen LogP contribution in [0.2, 0.25) is 5.02 Å². The van der Waals surface area contributed by atoms with E-state index in [-0.39, 0.29) is 5.92 Å². The van der Waals surface area contributed by atoms with Gasteiger partial charge in [0.15, 0.2) is 0 Å². The molecule has 1 N–H and O–H groups in total. The van der Waals surface area contributed by atoms with Gasteiger partial charge in [0, 0.05) is 38.5 Å². The van der Waals surface area contributed by atoms with Gasteiger partial charge < -0.3 is 15.1 Å². The molecule has 4 fully saturated rings. The molecule has 3 heterocycles. The Hall–Kier alpha value is -2.30. The fraction of sp³-hybridized carbons (Fsp3) is 0.700. The lowest BCUT2D eigenvalue weighted by Crippen LogP contribution is -2.52. The lowest BCUT2D eigenvalue weighted by molar-refractivity contribution is -0.144. The summed E-state index contributed by atoms with van der Waals surface area (Å²) in [6.07, 6.45) is 13.0. The summed E-state index contributed by atoms with van der Waals surface area (Å²) in [6, 6.07) is 8.26. The van der Waals surface area contributed by atoms with Crippen LogP contribution < -0.4 is 10.3 Å². The Morgan fingerprint density at radius 2 is 1.74 bits per heavy atom. The van der Waals surface area contributed by atoms with Crippen molar-refractivity contribution in [1.29, 1.82) is 5.26 Å². The molecule has 38 heavy (non-hydrogen) atoms. The summed E-state index contributed by atoms with van der Waals surface area (Å²) >= 11 is 6.39. The first kappa shape index (κ1) is 27.3. The van der Waals surface area contributed by atoms with E-state index in [1.807, 2.05) is 32.3 Å². The van der Waals surface area contributed by atoms with Crippen LogP contribution in [0.4, 0.5) is 5.69 Å². The number of hydrogen-bond acceptors (Lipinski definition) is 6. The van der Waals surface area contributed by atoms with Crippen LogP contribution in [0.5, 0.6) is 0 Å². The molecule has 8 heteroatoms. The van der Waals surface area contributed by atoms with Crippen LogP contribution in [-0.4, -0.2) is 67.9 Å². The molecule has 0 aromatic heterocycles. The predicted octanol–water partition coefficient (Wildman–Crippen LogP) is 5.24. The highest BCUT2D eigenvalue weighted by molar-refractivity contribution is 6.32. The number of amidine groups is 1. The van der Waals surface area contributed by atoms with Gasteiger partial charge in [-0.15, -0.1) is 0 Å². The van der Waals surface area contributed by atoms with E-state index in [1.165, 1.54) is 57.2 Å². The van der Waals surface area contributed by atoms with Crippen LogP contribution in [0.25, 0.3) is 0 Å². The molecular formula is C30H43ClN6O. The quantitative estimate of drug-likeness (QED) is 0.569. The number of benzene rings is 1. The number of anilines is 1. The zero-order chi connectivity index (χ0) is 26.7. The van der Waals surface area contributed by atoms with E-state index in [9.17, 15) is 10.1 Å². The first-order chi connectivity index (χ1) is 18.5. The summed E-state index contributed by atoms with van der Waals surface area (Å²) in [7, 11) is 3.75. The fourth-order valence-corrected chi connectivity index (χ4v) is 7.62. The number of hydrogen-bond donors (Lipinski definition) is 1. The summed E-state index contributed by atoms with van der Waals surface area (Å²) in [5.41, 5.74) is 1.89. The van der Waals surface area contributed by atoms with E-state index in [2.05, 4.69) is 26.2 Å². The maximum Gasteiger partial charge on any atom is 0.225 e. The molecule has 1 aromatic carbocycles. The van der Waals surface area contributed by atoms with Gasteiger partial charge in [-0.05, 0) is 95.0 Å². The van der Waals surface area contributed by atoms with Crippen LogP contribution in [0.15, 0.2) is 23.3 Å². The molecule has 206 valence electrons. The Bertz CT molecular complexity index is 1050. The van der Waals surface area contributed by atoms with E-state index in [0.717, 1.165) is 51.1 Å². The molecule has 2 saturated carbocycles. The molecule has 6 rings (SSSR count). The minimum atomic E-state index is 0.270. The highest BCUT2D eigenvalue weighted by Crippen LogP contribution is 2.53. The van der Waals surface area contributed by atoms with Gasteiger partial charge >= 0.3 is 0 Å². The number of nitrogens with one attached hydrogen (secondary N) is 1. The van der Waals surface area contributed by atoms with Gasteiger partial charge in [-0.2, -0.15) is 10.4 Å². The molecule has 1 amide bonds. The normalized spacial score (nSPS) is 25.2. The first-order valence-electron chi connectivity index (χ1n) is 14.7. The zero-order valence-corrected chi connectivity index (χ0v) is 23.8. The number of amides is 1. The van der Waals surface area contributed by atoms with Crippen LogP contribution >= 0.6 is 11.6 Å². The molecule has 2 saturated heterocycles. The maximum absolute atomic E-state index is 12.8. The van der Waals surface area contributed by atoms with Gasteiger partial charge in [-0.25, -0.2) is 0 Å². The summed E-state index contributed by atoms with van der Waals surface area (Å²) in [4.78, 5) is 17.4. The minimum absolute atomic E-state index is 0.270. The lowest BCUT2D eigenvalue weighted by Gasteiger charge is -2.52. The molecule has 1 atom stereocenters. The lowest BCUT2D eigenvalue weighted by atomic mass is 9.57. The standard InChI is InChI=1S/C28H36ClN5O.C2H7N/c29-24-15-23(8-7-21(24)19-30)34-25(20-5-1-2-6-20)16-26(31-34)32-13-9-28(10-14-32)17-22(18-28)27(35)33-11-3-4-12-33;1-3-2/h7-8,15,20,22,25H,1-6,9-14,16-18H2;3H,1-2H3. The summed E-state index contributed by atoms with van der Waals surface area (Å²) < 4.78 is 0. The van der Waals surface area contributed by atoms with Crippen molar-refractivity contribution in [1.82, 2.24) is 15.1 Å². The van der Waals surface area contributed by atoms with Gasteiger partial charge in [0.05, 0.1) is 22.3 Å². The minimum Gasteiger partial charge on any atom is -0.359 e. The van der Waals surface area contributed by atoms with Crippen molar-refractivity contribution in [3.8, 4) is 6.07 Å². The molecule has 1 spiro atoms. The molecule has 2 aliphatic carbocycles. The van der Waals surface area contributed by atoms with Gasteiger partial charge in [0.2, 0.25) is 5.91 Å². The van der Waals surface area contributed by atoms with Crippen LogP contribution in [0, 0.1) is 28.6 Å². The van der Waals surface area contributed by atoms with Crippen molar-refractivity contribution in [2.75, 3.05) is 45.3 Å². The Morgan fingerprint density at radius 3 is 2.34 bits per heavy atom. The Morgan fingerprint density at radius 1 is 1.08 bits per heavy atom. The van der Waals surface area contributed by atoms with E-state index in [1.54, 1.807) is 0 Å². The zero-order valence-electron chi connectivity index (χ0n) is 23.1. The number of likely N-dealkylation sites (tertiary alicyclic amines) is 2. The van der Waals surface area contributed by atoms with E-state index >= 15 is 0 Å². The van der Waals surface area contributed by atoms with Gasteiger partial charge in [0.1, 0.15) is 11.9 Å². The van der Waals surface area contributed by atoms with Crippen molar-refractivity contribution >= 4 is 29.0 Å². The van der Waals surface area contributed by atoms with Crippen LogP contribution in [0.3, 0.4) is 0 Å². The van der Waals surface area contributed by atoms with Crippen molar-refractivity contribution in [2.24, 2.45) is 22.4 Å². The Balaban J connectivity index is 0.000000937. The maximum atomic E-state index is 12.8. The van der Waals surface area contributed by atoms with Crippen molar-refractivity contribution < 1.29 is 4.79 Å². The molecule has 1 aromatic rings. The van der Waals surface area contributed by atoms with E-state index in [4.69, 9.17) is 16.7 Å². The smallest absolute Gasteiger partial charge is 0.225 e. The number of rotatable bonds is 3. The van der Waals surface area contributed by atoms with Crippen molar-refractivity contribution in [3.05, 3.63) is 28.8 Å². The van der Waals surface area contributed by atoms with Gasteiger partial charge in [0.25, 0.3) is 0 Å². The molecule has 1 unspecified atom stereocenters. The molecule has 7 nitrogen and oxygen atoms in total. The third-order valence-electron chi connectivity index (χ3n) is 9.53. The second-order valence-corrected chi connectivity index (χ2v) is 12.5. The number of carbonyl (C=O) groups excluding carboxylic acids is 1. The number of hydrazone groups is 1. The average molecular weight is 539 g/mol. The van der Waals surface area contributed by atoms with E-state index in [0.29, 0.717) is 33.9 Å². The topological polar surface area (TPSA) is 75.0 Å². The fourth-order valence-electron chi connectivity index (χ4n) is 7.40. The Labute approximate surface area is 233 Å². The summed E-state index contributed by atoms with van der Waals surface area (Å²) in [5.74, 6) is 2.56. The number of halogens is 1.